The number of halogens is 2. The average Bonchev–Trinajstić information content (AvgIpc) is 2.73. The molecule has 0 radical (unpaired) electrons. The summed E-state index contributed by atoms with van der Waals surface area (Å²) in [4.78, 5) is 0. The van der Waals surface area contributed by atoms with Crippen molar-refractivity contribution in [3.05, 3.63) is 70.2 Å². The Morgan fingerprint density at radius 1 is 0.833 bits per heavy atom. The fraction of sp³-hybridized carbons (Fsp3) is 0.481. The first-order chi connectivity index (χ1) is 14.3. The van der Waals surface area contributed by atoms with Crippen LogP contribution in [0, 0.1) is 11.8 Å². The minimum Gasteiger partial charge on any atom is -0.312 e. The number of hydrogen-bond acceptors (Lipinski definition) is 1. The summed E-state index contributed by atoms with van der Waals surface area (Å²) in [6.07, 6.45) is 12.8. The van der Waals surface area contributed by atoms with E-state index in [1.807, 2.05) is 18.2 Å². The first kappa shape index (κ1) is 26.6. The molecule has 0 aliphatic carbocycles. The Hall–Kier alpha value is -1.46. The third kappa shape index (κ3) is 12.3. The number of nitrogens with one attached hydrogen (secondary N) is 1. The van der Waals surface area contributed by atoms with E-state index >= 15 is 0 Å². The van der Waals surface area contributed by atoms with Crippen LogP contribution in [0.15, 0.2) is 48.5 Å². The first-order valence-electron chi connectivity index (χ1n) is 11.3. The Kier molecular flexibility index (Phi) is 15.3. The number of unbranched alkanes of at least 4 members (excludes halogenated alkanes) is 8. The van der Waals surface area contributed by atoms with Crippen molar-refractivity contribution < 1.29 is 0 Å². The van der Waals surface area contributed by atoms with E-state index in [0.29, 0.717) is 0 Å². The molecule has 0 saturated heterocycles. The maximum Gasteiger partial charge on any atom is 0.0408 e. The monoisotopic (exact) mass is 445 g/mol. The topological polar surface area (TPSA) is 12.0 Å². The Balaban J connectivity index is 0.00000450. The van der Waals surface area contributed by atoms with Crippen molar-refractivity contribution in [3.63, 3.8) is 0 Å². The van der Waals surface area contributed by atoms with Gasteiger partial charge in [0.1, 0.15) is 0 Å². The molecule has 164 valence electrons. The van der Waals surface area contributed by atoms with Gasteiger partial charge in [0, 0.05) is 23.6 Å². The Labute approximate surface area is 195 Å². The zero-order valence-corrected chi connectivity index (χ0v) is 20.0. The maximum absolute atomic E-state index is 6.03. The van der Waals surface area contributed by atoms with E-state index in [1.165, 1.54) is 62.5 Å². The van der Waals surface area contributed by atoms with E-state index in [-0.39, 0.29) is 12.4 Å². The fourth-order valence-electron chi connectivity index (χ4n) is 3.38. The molecule has 2 aromatic carbocycles. The highest BCUT2D eigenvalue weighted by Gasteiger charge is 1.96. The zero-order chi connectivity index (χ0) is 20.6. The molecule has 0 unspecified atom stereocenters. The summed E-state index contributed by atoms with van der Waals surface area (Å²) in [5.74, 6) is 6.63. The van der Waals surface area contributed by atoms with Gasteiger partial charge in [0.25, 0.3) is 0 Å². The lowest BCUT2D eigenvalue weighted by Gasteiger charge is -2.06. The van der Waals surface area contributed by atoms with Crippen molar-refractivity contribution in [2.24, 2.45) is 0 Å². The molecule has 2 rings (SSSR count). The Morgan fingerprint density at radius 2 is 1.53 bits per heavy atom. The molecule has 0 bridgehead atoms. The van der Waals surface area contributed by atoms with Crippen LogP contribution in [-0.4, -0.2) is 6.54 Å². The number of benzene rings is 2. The molecule has 0 saturated carbocycles. The minimum atomic E-state index is 0. The second-order valence-corrected chi connectivity index (χ2v) is 8.22. The van der Waals surface area contributed by atoms with Crippen LogP contribution < -0.4 is 5.32 Å². The standard InChI is InChI=1S/C27H36ClN.ClH/c1-2-3-4-5-6-7-8-9-10-11-13-24-16-18-26(19-17-24)23-29-21-20-25-14-12-15-27(28)22-25;/h12,14-19,22,29H,2-10,20-21,23H2,1H3;1H. The molecule has 0 fully saturated rings. The Morgan fingerprint density at radius 3 is 2.23 bits per heavy atom. The van der Waals surface area contributed by atoms with Crippen LogP contribution in [0.2, 0.25) is 5.02 Å². The average molecular weight is 447 g/mol. The molecule has 1 nitrogen and oxygen atoms in total. The molecule has 3 heteroatoms. The van der Waals surface area contributed by atoms with Crippen molar-refractivity contribution in [3.8, 4) is 11.8 Å². The van der Waals surface area contributed by atoms with Crippen LogP contribution in [-0.2, 0) is 13.0 Å². The molecule has 30 heavy (non-hydrogen) atoms. The van der Waals surface area contributed by atoms with Crippen molar-refractivity contribution in [2.75, 3.05) is 6.54 Å². The summed E-state index contributed by atoms with van der Waals surface area (Å²) in [7, 11) is 0. The second-order valence-electron chi connectivity index (χ2n) is 7.78. The van der Waals surface area contributed by atoms with Crippen LogP contribution in [0.1, 0.15) is 81.4 Å². The lowest BCUT2D eigenvalue weighted by atomic mass is 10.1. The van der Waals surface area contributed by atoms with E-state index in [1.54, 1.807) is 0 Å². The summed E-state index contributed by atoms with van der Waals surface area (Å²) in [5, 5.41) is 4.30. The van der Waals surface area contributed by atoms with E-state index in [0.717, 1.165) is 36.5 Å². The van der Waals surface area contributed by atoms with Gasteiger partial charge in [-0.05, 0) is 54.8 Å². The Bertz CT molecular complexity index is 743. The van der Waals surface area contributed by atoms with Gasteiger partial charge in [-0.3, -0.25) is 0 Å². The highest BCUT2D eigenvalue weighted by Crippen LogP contribution is 2.11. The molecule has 2 aromatic rings. The molecule has 0 aliphatic heterocycles. The van der Waals surface area contributed by atoms with Gasteiger partial charge < -0.3 is 5.32 Å². The number of rotatable bonds is 13. The molecule has 0 spiro atoms. The van der Waals surface area contributed by atoms with Crippen molar-refractivity contribution >= 4 is 24.0 Å². The van der Waals surface area contributed by atoms with Crippen LogP contribution in [0.4, 0.5) is 0 Å². The van der Waals surface area contributed by atoms with E-state index in [2.05, 4.69) is 54.4 Å². The van der Waals surface area contributed by atoms with Crippen LogP contribution in [0.5, 0.6) is 0 Å². The van der Waals surface area contributed by atoms with E-state index in [9.17, 15) is 0 Å². The van der Waals surface area contributed by atoms with Gasteiger partial charge in [0.05, 0.1) is 0 Å². The molecular weight excluding hydrogens is 409 g/mol. The van der Waals surface area contributed by atoms with Crippen molar-refractivity contribution in [1.82, 2.24) is 5.32 Å². The molecule has 0 amide bonds. The number of hydrogen-bond donors (Lipinski definition) is 1. The predicted molar refractivity (Wildman–Crippen MR) is 135 cm³/mol. The quantitative estimate of drug-likeness (QED) is 0.243. The molecule has 0 heterocycles. The molecule has 1 N–H and O–H groups in total. The highest BCUT2D eigenvalue weighted by atomic mass is 35.5. The van der Waals surface area contributed by atoms with Crippen molar-refractivity contribution in [2.45, 2.75) is 77.7 Å². The fourth-order valence-corrected chi connectivity index (χ4v) is 3.59. The van der Waals surface area contributed by atoms with Gasteiger partial charge in [-0.2, -0.15) is 0 Å². The summed E-state index contributed by atoms with van der Waals surface area (Å²) in [6, 6.07) is 16.7. The van der Waals surface area contributed by atoms with Crippen LogP contribution >= 0.6 is 24.0 Å². The lowest BCUT2D eigenvalue weighted by Crippen LogP contribution is -2.16. The smallest absolute Gasteiger partial charge is 0.0408 e. The van der Waals surface area contributed by atoms with Gasteiger partial charge >= 0.3 is 0 Å². The summed E-state index contributed by atoms with van der Waals surface area (Å²) >= 11 is 6.03. The lowest BCUT2D eigenvalue weighted by molar-refractivity contribution is 0.579. The minimum absolute atomic E-state index is 0. The summed E-state index contributed by atoms with van der Waals surface area (Å²) in [6.45, 7) is 4.10. The zero-order valence-electron chi connectivity index (χ0n) is 18.4. The highest BCUT2D eigenvalue weighted by molar-refractivity contribution is 6.30. The molecular formula is C27H37Cl2N. The third-order valence-corrected chi connectivity index (χ3v) is 5.39. The van der Waals surface area contributed by atoms with Gasteiger partial charge in [-0.15, -0.1) is 12.4 Å². The molecule has 0 aliphatic rings. The first-order valence-corrected chi connectivity index (χ1v) is 11.7. The van der Waals surface area contributed by atoms with E-state index < -0.39 is 0 Å². The largest absolute Gasteiger partial charge is 0.312 e. The van der Waals surface area contributed by atoms with E-state index in [4.69, 9.17) is 11.6 Å². The van der Waals surface area contributed by atoms with Gasteiger partial charge in [0.2, 0.25) is 0 Å². The molecule has 0 aromatic heterocycles. The van der Waals surface area contributed by atoms with Gasteiger partial charge in [-0.1, -0.05) is 99.6 Å². The van der Waals surface area contributed by atoms with Gasteiger partial charge in [0.15, 0.2) is 0 Å². The summed E-state index contributed by atoms with van der Waals surface area (Å²) < 4.78 is 0. The SMILES string of the molecule is CCCCCCCCCCC#Cc1ccc(CNCCc2cccc(Cl)c2)cc1.Cl. The van der Waals surface area contributed by atoms with Crippen molar-refractivity contribution in [1.29, 1.82) is 0 Å². The predicted octanol–water partition coefficient (Wildman–Crippen LogP) is 7.98. The van der Waals surface area contributed by atoms with Crippen LogP contribution in [0.25, 0.3) is 0 Å². The second kappa shape index (κ2) is 17.2. The maximum atomic E-state index is 6.03. The normalized spacial score (nSPS) is 10.2. The van der Waals surface area contributed by atoms with Gasteiger partial charge in [-0.25, -0.2) is 0 Å². The molecule has 0 atom stereocenters. The third-order valence-electron chi connectivity index (χ3n) is 5.15. The van der Waals surface area contributed by atoms with Crippen LogP contribution in [0.3, 0.4) is 0 Å². The summed E-state index contributed by atoms with van der Waals surface area (Å²) in [5.41, 5.74) is 3.68.